The quantitative estimate of drug-likeness (QED) is 0.723. The van der Waals surface area contributed by atoms with Crippen LogP contribution in [-0.2, 0) is 11.2 Å². The second-order valence-electron chi connectivity index (χ2n) is 6.32. The van der Waals surface area contributed by atoms with Gasteiger partial charge in [-0.1, -0.05) is 18.2 Å². The van der Waals surface area contributed by atoms with Gasteiger partial charge in [-0.3, -0.25) is 14.6 Å². The van der Waals surface area contributed by atoms with E-state index in [2.05, 4.69) is 15.3 Å². The highest BCUT2D eigenvalue weighted by Gasteiger charge is 2.32. The highest BCUT2D eigenvalue weighted by Crippen LogP contribution is 2.35. The summed E-state index contributed by atoms with van der Waals surface area (Å²) in [6.07, 6.45) is 4.62. The van der Waals surface area contributed by atoms with Gasteiger partial charge in [0.15, 0.2) is 11.9 Å². The maximum Gasteiger partial charge on any atom is 0.265 e. The Morgan fingerprint density at radius 1 is 1.15 bits per heavy atom. The molecule has 1 unspecified atom stereocenters. The summed E-state index contributed by atoms with van der Waals surface area (Å²) in [5, 5.41) is 2.80. The van der Waals surface area contributed by atoms with Gasteiger partial charge in [0.2, 0.25) is 5.88 Å². The fraction of sp³-hybridized carbons (Fsp3) is 0.143. The number of pyridine rings is 2. The first-order valence-electron chi connectivity index (χ1n) is 8.58. The molecule has 3 heterocycles. The maximum atomic E-state index is 12.5. The molecule has 0 fully saturated rings. The van der Waals surface area contributed by atoms with Gasteiger partial charge in [-0.05, 0) is 42.3 Å². The topological polar surface area (TPSA) is 81.2 Å². The predicted molar refractivity (Wildman–Crippen MR) is 101 cm³/mol. The summed E-state index contributed by atoms with van der Waals surface area (Å²) < 4.78 is 5.77. The van der Waals surface area contributed by atoms with E-state index in [0.717, 1.165) is 16.7 Å². The highest BCUT2D eigenvalue weighted by atomic mass is 16.5. The van der Waals surface area contributed by atoms with E-state index in [0.29, 0.717) is 23.6 Å². The van der Waals surface area contributed by atoms with Crippen molar-refractivity contribution in [3.63, 3.8) is 0 Å². The summed E-state index contributed by atoms with van der Waals surface area (Å²) >= 11 is 0. The molecule has 1 atom stereocenters. The Morgan fingerprint density at radius 3 is 2.81 bits per heavy atom. The average molecular weight is 359 g/mol. The molecule has 134 valence electrons. The molecule has 0 saturated carbocycles. The average Bonchev–Trinajstić information content (AvgIpc) is 3.13. The number of fused-ring (bicyclic) bond motifs is 1. The first-order valence-corrected chi connectivity index (χ1v) is 8.58. The number of Topliss-reactive ketones (excluding diaryl/α,β-unsaturated/α-hetero) is 1. The molecule has 1 aromatic carbocycles. The molecular formula is C21H17N3O3. The maximum absolute atomic E-state index is 12.5. The fourth-order valence-electron chi connectivity index (χ4n) is 3.12. The zero-order valence-corrected chi connectivity index (χ0v) is 14.7. The molecule has 0 spiro atoms. The van der Waals surface area contributed by atoms with Crippen molar-refractivity contribution in [1.82, 2.24) is 9.97 Å². The Morgan fingerprint density at radius 2 is 2.04 bits per heavy atom. The number of rotatable bonds is 4. The van der Waals surface area contributed by atoms with E-state index in [1.165, 1.54) is 6.92 Å². The van der Waals surface area contributed by atoms with E-state index in [4.69, 9.17) is 4.74 Å². The van der Waals surface area contributed by atoms with Gasteiger partial charge < -0.3 is 10.1 Å². The van der Waals surface area contributed by atoms with Crippen LogP contribution in [0.3, 0.4) is 0 Å². The highest BCUT2D eigenvalue weighted by molar-refractivity contribution is 5.96. The Balaban J connectivity index is 1.60. The molecule has 4 rings (SSSR count). The van der Waals surface area contributed by atoms with Crippen LogP contribution in [0.25, 0.3) is 11.1 Å². The van der Waals surface area contributed by atoms with Crippen LogP contribution in [0.2, 0.25) is 0 Å². The molecule has 27 heavy (non-hydrogen) atoms. The summed E-state index contributed by atoms with van der Waals surface area (Å²) in [6, 6.07) is 12.8. The second kappa shape index (κ2) is 6.99. The fourth-order valence-corrected chi connectivity index (χ4v) is 3.12. The summed E-state index contributed by atoms with van der Waals surface area (Å²) in [5.41, 5.74) is 3.94. The molecule has 0 radical (unpaired) electrons. The zero-order valence-electron chi connectivity index (χ0n) is 14.7. The number of nitrogens with one attached hydrogen (secondary N) is 1. The van der Waals surface area contributed by atoms with Crippen molar-refractivity contribution in [1.29, 1.82) is 0 Å². The number of anilines is 1. The van der Waals surface area contributed by atoms with Crippen molar-refractivity contribution in [2.45, 2.75) is 19.4 Å². The van der Waals surface area contributed by atoms with Crippen molar-refractivity contribution < 1.29 is 14.3 Å². The smallest absolute Gasteiger partial charge is 0.265 e. The number of hydrogen-bond acceptors (Lipinski definition) is 5. The van der Waals surface area contributed by atoms with Crippen LogP contribution < -0.4 is 10.1 Å². The van der Waals surface area contributed by atoms with Crippen molar-refractivity contribution in [3.05, 3.63) is 72.2 Å². The third-order valence-corrected chi connectivity index (χ3v) is 4.46. The first kappa shape index (κ1) is 16.9. The number of aromatic nitrogens is 2. The van der Waals surface area contributed by atoms with Crippen molar-refractivity contribution >= 4 is 17.4 Å². The Kier molecular flexibility index (Phi) is 4.38. The third kappa shape index (κ3) is 3.42. The monoisotopic (exact) mass is 359 g/mol. The van der Waals surface area contributed by atoms with Crippen LogP contribution in [0.5, 0.6) is 5.88 Å². The summed E-state index contributed by atoms with van der Waals surface area (Å²) in [6.45, 7) is 1.54. The van der Waals surface area contributed by atoms with Gasteiger partial charge in [0.05, 0.1) is 11.9 Å². The van der Waals surface area contributed by atoms with Gasteiger partial charge in [0, 0.05) is 29.9 Å². The van der Waals surface area contributed by atoms with E-state index in [9.17, 15) is 9.59 Å². The third-order valence-electron chi connectivity index (χ3n) is 4.46. The van der Waals surface area contributed by atoms with Crippen LogP contribution in [-0.4, -0.2) is 27.8 Å². The normalized spacial score (nSPS) is 14.9. The lowest BCUT2D eigenvalue weighted by Crippen LogP contribution is -2.31. The van der Waals surface area contributed by atoms with E-state index in [1.54, 1.807) is 36.8 Å². The number of carbonyl (C=O) groups excluding carboxylic acids is 2. The number of hydrogen-bond donors (Lipinski definition) is 1. The molecule has 1 aliphatic rings. The van der Waals surface area contributed by atoms with Gasteiger partial charge in [0.25, 0.3) is 5.91 Å². The largest absolute Gasteiger partial charge is 0.464 e. The molecule has 0 aliphatic carbocycles. The van der Waals surface area contributed by atoms with Gasteiger partial charge in [-0.25, -0.2) is 4.98 Å². The minimum atomic E-state index is -0.662. The Hall–Kier alpha value is -3.54. The minimum Gasteiger partial charge on any atom is -0.464 e. The predicted octanol–water partition coefficient (Wildman–Crippen LogP) is 3.29. The lowest BCUT2D eigenvalue weighted by atomic mass is 9.96. The van der Waals surface area contributed by atoms with Gasteiger partial charge in [-0.15, -0.1) is 0 Å². The van der Waals surface area contributed by atoms with Crippen LogP contribution in [0.4, 0.5) is 5.69 Å². The lowest BCUT2D eigenvalue weighted by molar-refractivity contribution is -0.122. The van der Waals surface area contributed by atoms with Gasteiger partial charge in [-0.2, -0.15) is 0 Å². The van der Waals surface area contributed by atoms with Crippen molar-refractivity contribution in [3.8, 4) is 17.0 Å². The lowest BCUT2D eigenvalue weighted by Gasteiger charge is -2.10. The number of nitrogens with zero attached hydrogens (tertiary/aromatic N) is 2. The van der Waals surface area contributed by atoms with Crippen molar-refractivity contribution in [2.75, 3.05) is 5.32 Å². The molecule has 1 N–H and O–H groups in total. The number of amides is 1. The molecule has 1 aliphatic heterocycles. The van der Waals surface area contributed by atoms with E-state index in [1.807, 2.05) is 24.3 Å². The van der Waals surface area contributed by atoms with Crippen LogP contribution in [0.15, 0.2) is 61.1 Å². The zero-order chi connectivity index (χ0) is 18.8. The number of ketones is 1. The summed E-state index contributed by atoms with van der Waals surface area (Å²) in [7, 11) is 0. The molecule has 1 amide bonds. The SMILES string of the molecule is CC(=O)c1cccc(-c2ccnc3c2CC(C(=O)Nc2cccnc2)O3)c1. The molecule has 3 aromatic rings. The molecule has 6 nitrogen and oxygen atoms in total. The van der Waals surface area contributed by atoms with Crippen LogP contribution in [0, 0.1) is 0 Å². The van der Waals surface area contributed by atoms with E-state index < -0.39 is 6.10 Å². The molecular weight excluding hydrogens is 342 g/mol. The van der Waals surface area contributed by atoms with Crippen LogP contribution >= 0.6 is 0 Å². The molecule has 0 bridgehead atoms. The van der Waals surface area contributed by atoms with E-state index in [-0.39, 0.29) is 11.7 Å². The number of ether oxygens (including phenoxy) is 1. The molecule has 6 heteroatoms. The summed E-state index contributed by atoms with van der Waals surface area (Å²) in [4.78, 5) is 32.5. The minimum absolute atomic E-state index is 0.00697. The Bertz CT molecular complexity index is 1020. The molecule has 2 aromatic heterocycles. The Labute approximate surface area is 156 Å². The number of benzene rings is 1. The summed E-state index contributed by atoms with van der Waals surface area (Å²) in [5.74, 6) is 0.212. The second-order valence-corrected chi connectivity index (χ2v) is 6.32. The van der Waals surface area contributed by atoms with E-state index >= 15 is 0 Å². The molecule has 0 saturated heterocycles. The first-order chi connectivity index (χ1) is 13.1. The van der Waals surface area contributed by atoms with Crippen molar-refractivity contribution in [2.24, 2.45) is 0 Å². The number of carbonyl (C=O) groups is 2. The standard InChI is InChI=1S/C21H17N3O3/c1-13(25)14-4-2-5-15(10-14)17-7-9-23-21-18(17)11-19(27-21)20(26)24-16-6-3-8-22-12-16/h2-10,12,19H,11H2,1H3,(H,24,26). The van der Waals surface area contributed by atoms with Gasteiger partial charge in [0.1, 0.15) is 0 Å². The van der Waals surface area contributed by atoms with Gasteiger partial charge >= 0.3 is 0 Å². The van der Waals surface area contributed by atoms with Crippen LogP contribution in [0.1, 0.15) is 22.8 Å².